The van der Waals surface area contributed by atoms with Crippen LogP contribution < -0.4 is 15.4 Å². The Morgan fingerprint density at radius 2 is 1.86 bits per heavy atom. The number of methoxy groups -OCH3 is 1. The third-order valence-electron chi connectivity index (χ3n) is 4.80. The van der Waals surface area contributed by atoms with Gasteiger partial charge in [-0.05, 0) is 56.3 Å². The van der Waals surface area contributed by atoms with E-state index in [0.717, 1.165) is 0 Å². The smallest absolute Gasteiger partial charge is 0.238 e. The Balaban J connectivity index is 1.46. The lowest BCUT2D eigenvalue weighted by molar-refractivity contribution is -0.121. The molecule has 0 radical (unpaired) electrons. The number of piperidine rings is 1. The summed E-state index contributed by atoms with van der Waals surface area (Å²) in [6, 6.07) is 14.4. The Morgan fingerprint density at radius 3 is 2.57 bits per heavy atom. The van der Waals surface area contributed by atoms with Crippen molar-refractivity contribution in [3.05, 3.63) is 53.6 Å². The minimum absolute atomic E-state index is 0.00692. The highest BCUT2D eigenvalue weighted by Crippen LogP contribution is 2.25. The van der Waals surface area contributed by atoms with E-state index < -0.39 is 0 Å². The quantitative estimate of drug-likeness (QED) is 0.775. The molecule has 148 valence electrons. The fraction of sp³-hybridized carbons (Fsp3) is 0.333. The SMILES string of the molecule is COc1ccccc1NC(=O)C1CCN(CC(=O)Nc2cccc(Cl)c2)CC1. The van der Waals surface area contributed by atoms with Crippen molar-refractivity contribution in [2.75, 3.05) is 37.4 Å². The highest BCUT2D eigenvalue weighted by atomic mass is 35.5. The number of ether oxygens (including phenoxy) is 1. The minimum Gasteiger partial charge on any atom is -0.495 e. The van der Waals surface area contributed by atoms with Gasteiger partial charge in [0.15, 0.2) is 0 Å². The first kappa shape index (κ1) is 20.2. The zero-order valence-electron chi connectivity index (χ0n) is 15.8. The molecule has 0 spiro atoms. The maximum Gasteiger partial charge on any atom is 0.238 e. The maximum absolute atomic E-state index is 12.6. The number of para-hydroxylation sites is 2. The van der Waals surface area contributed by atoms with Gasteiger partial charge in [-0.1, -0.05) is 29.8 Å². The van der Waals surface area contributed by atoms with Gasteiger partial charge < -0.3 is 15.4 Å². The van der Waals surface area contributed by atoms with Gasteiger partial charge in [0.2, 0.25) is 11.8 Å². The van der Waals surface area contributed by atoms with Crippen LogP contribution in [0.15, 0.2) is 48.5 Å². The number of nitrogens with zero attached hydrogens (tertiary/aromatic N) is 1. The van der Waals surface area contributed by atoms with Crippen molar-refractivity contribution in [1.29, 1.82) is 0 Å². The van der Waals surface area contributed by atoms with Gasteiger partial charge in [-0.3, -0.25) is 14.5 Å². The second-order valence-electron chi connectivity index (χ2n) is 6.80. The lowest BCUT2D eigenvalue weighted by Gasteiger charge is -2.30. The lowest BCUT2D eigenvalue weighted by Crippen LogP contribution is -2.41. The first-order chi connectivity index (χ1) is 13.5. The maximum atomic E-state index is 12.6. The van der Waals surface area contributed by atoms with E-state index in [2.05, 4.69) is 15.5 Å². The topological polar surface area (TPSA) is 70.7 Å². The summed E-state index contributed by atoms with van der Waals surface area (Å²) in [4.78, 5) is 26.9. The molecule has 1 aliphatic rings. The third kappa shape index (κ3) is 5.47. The average molecular weight is 402 g/mol. The third-order valence-corrected chi connectivity index (χ3v) is 5.03. The average Bonchev–Trinajstić information content (AvgIpc) is 2.69. The van der Waals surface area contributed by atoms with E-state index in [1.165, 1.54) is 0 Å². The van der Waals surface area contributed by atoms with Crippen LogP contribution in [-0.2, 0) is 9.59 Å². The monoisotopic (exact) mass is 401 g/mol. The molecule has 28 heavy (non-hydrogen) atoms. The Morgan fingerprint density at radius 1 is 1.11 bits per heavy atom. The van der Waals surface area contributed by atoms with Crippen LogP contribution in [0.5, 0.6) is 5.75 Å². The Bertz CT molecular complexity index is 835. The fourth-order valence-electron chi connectivity index (χ4n) is 3.31. The first-order valence-corrected chi connectivity index (χ1v) is 9.64. The van der Waals surface area contributed by atoms with Crippen molar-refractivity contribution < 1.29 is 14.3 Å². The standard InChI is InChI=1S/C21H24ClN3O3/c1-28-19-8-3-2-7-18(19)24-21(27)15-9-11-25(12-10-15)14-20(26)23-17-6-4-5-16(22)13-17/h2-8,13,15H,9-12,14H2,1H3,(H,23,26)(H,24,27). The number of likely N-dealkylation sites (tertiary alicyclic amines) is 1. The Kier molecular flexibility index (Phi) is 6.90. The van der Waals surface area contributed by atoms with E-state index in [9.17, 15) is 9.59 Å². The minimum atomic E-state index is -0.0841. The summed E-state index contributed by atoms with van der Waals surface area (Å²) in [7, 11) is 1.58. The summed E-state index contributed by atoms with van der Waals surface area (Å²) < 4.78 is 5.27. The molecule has 7 heteroatoms. The van der Waals surface area contributed by atoms with E-state index >= 15 is 0 Å². The molecular formula is C21H24ClN3O3. The van der Waals surface area contributed by atoms with Gasteiger partial charge in [0.05, 0.1) is 19.3 Å². The molecule has 0 aliphatic carbocycles. The molecule has 2 aromatic carbocycles. The highest BCUT2D eigenvalue weighted by molar-refractivity contribution is 6.30. The van der Waals surface area contributed by atoms with Crippen LogP contribution in [0.2, 0.25) is 5.02 Å². The molecule has 0 bridgehead atoms. The summed E-state index contributed by atoms with van der Waals surface area (Å²) in [6.45, 7) is 1.70. The number of benzene rings is 2. The van der Waals surface area contributed by atoms with E-state index in [-0.39, 0.29) is 17.7 Å². The van der Waals surface area contributed by atoms with E-state index in [1.54, 1.807) is 31.4 Å². The highest BCUT2D eigenvalue weighted by Gasteiger charge is 2.26. The zero-order valence-corrected chi connectivity index (χ0v) is 16.5. The lowest BCUT2D eigenvalue weighted by atomic mass is 9.95. The van der Waals surface area contributed by atoms with Crippen molar-refractivity contribution in [3.63, 3.8) is 0 Å². The molecule has 2 amide bonds. The Hall–Kier alpha value is -2.57. The number of hydrogen-bond acceptors (Lipinski definition) is 4. The molecule has 6 nitrogen and oxygen atoms in total. The van der Waals surface area contributed by atoms with Crippen molar-refractivity contribution in [2.45, 2.75) is 12.8 Å². The van der Waals surface area contributed by atoms with E-state index in [4.69, 9.17) is 16.3 Å². The van der Waals surface area contributed by atoms with Crippen molar-refractivity contribution in [1.82, 2.24) is 4.90 Å². The summed E-state index contributed by atoms with van der Waals surface area (Å²) in [5.74, 6) is 0.481. The van der Waals surface area contributed by atoms with Crippen LogP contribution in [0.1, 0.15) is 12.8 Å². The van der Waals surface area contributed by atoms with Gasteiger partial charge in [0.1, 0.15) is 5.75 Å². The number of anilines is 2. The summed E-state index contributed by atoms with van der Waals surface area (Å²) in [6.07, 6.45) is 1.43. The van der Waals surface area contributed by atoms with Gasteiger partial charge in [-0.2, -0.15) is 0 Å². The largest absolute Gasteiger partial charge is 0.495 e. The molecule has 1 heterocycles. The molecular weight excluding hydrogens is 378 g/mol. The molecule has 1 fully saturated rings. The molecule has 0 aromatic heterocycles. The number of hydrogen-bond donors (Lipinski definition) is 2. The number of nitrogens with one attached hydrogen (secondary N) is 2. The first-order valence-electron chi connectivity index (χ1n) is 9.27. The molecule has 1 aliphatic heterocycles. The molecule has 1 saturated heterocycles. The van der Waals surface area contributed by atoms with E-state index in [1.807, 2.05) is 24.3 Å². The van der Waals surface area contributed by atoms with Crippen LogP contribution in [0.3, 0.4) is 0 Å². The predicted molar refractivity (Wildman–Crippen MR) is 111 cm³/mol. The number of halogens is 1. The molecule has 3 rings (SSSR count). The number of rotatable bonds is 6. The molecule has 0 saturated carbocycles. The van der Waals surface area contributed by atoms with E-state index in [0.29, 0.717) is 54.6 Å². The number of amides is 2. The zero-order chi connectivity index (χ0) is 19.9. The van der Waals surface area contributed by atoms with Crippen LogP contribution in [0.25, 0.3) is 0 Å². The van der Waals surface area contributed by atoms with Gasteiger partial charge in [0.25, 0.3) is 0 Å². The summed E-state index contributed by atoms with van der Waals surface area (Å²) >= 11 is 5.94. The van der Waals surface area contributed by atoms with Crippen molar-refractivity contribution in [3.8, 4) is 5.75 Å². The second kappa shape index (κ2) is 9.57. The predicted octanol–water partition coefficient (Wildman–Crippen LogP) is 3.64. The van der Waals surface area contributed by atoms with Gasteiger partial charge in [0, 0.05) is 16.6 Å². The van der Waals surface area contributed by atoms with Crippen LogP contribution in [-0.4, -0.2) is 43.5 Å². The summed E-state index contributed by atoms with van der Waals surface area (Å²) in [5.41, 5.74) is 1.36. The van der Waals surface area contributed by atoms with Gasteiger partial charge in [-0.15, -0.1) is 0 Å². The molecule has 2 aromatic rings. The second-order valence-corrected chi connectivity index (χ2v) is 7.23. The van der Waals surface area contributed by atoms with Gasteiger partial charge >= 0.3 is 0 Å². The van der Waals surface area contributed by atoms with Crippen molar-refractivity contribution >= 4 is 34.8 Å². The molecule has 2 N–H and O–H groups in total. The number of carbonyl (C=O) groups is 2. The van der Waals surface area contributed by atoms with Crippen LogP contribution in [0, 0.1) is 5.92 Å². The van der Waals surface area contributed by atoms with Crippen LogP contribution in [0.4, 0.5) is 11.4 Å². The fourth-order valence-corrected chi connectivity index (χ4v) is 3.50. The summed E-state index contributed by atoms with van der Waals surface area (Å²) in [5, 5.41) is 6.38. The molecule has 0 unspecified atom stereocenters. The van der Waals surface area contributed by atoms with Gasteiger partial charge in [-0.25, -0.2) is 0 Å². The Labute approximate surface area is 169 Å². The number of carbonyl (C=O) groups excluding carboxylic acids is 2. The van der Waals surface area contributed by atoms with Crippen LogP contribution >= 0.6 is 11.6 Å². The molecule has 0 atom stereocenters. The van der Waals surface area contributed by atoms with Crippen molar-refractivity contribution in [2.24, 2.45) is 5.92 Å². The normalized spacial score (nSPS) is 15.1.